The van der Waals surface area contributed by atoms with Crippen molar-refractivity contribution in [2.24, 2.45) is 0 Å². The molecule has 0 spiro atoms. The molecule has 2 aromatic carbocycles. The number of anilines is 1. The van der Waals surface area contributed by atoms with Crippen LogP contribution in [0.4, 0.5) is 5.00 Å². The number of thioether (sulfide) groups is 1. The number of aromatic nitrogens is 1. The molecule has 9 heteroatoms. The summed E-state index contributed by atoms with van der Waals surface area (Å²) in [6.07, 6.45) is 2.11. The van der Waals surface area contributed by atoms with E-state index in [9.17, 15) is 9.59 Å². The third-order valence-corrected chi connectivity index (χ3v) is 6.80. The molecule has 2 amide bonds. The number of nitrogens with one attached hydrogen (secondary N) is 2. The van der Waals surface area contributed by atoms with Crippen LogP contribution >= 0.6 is 23.1 Å². The Bertz CT molecular complexity index is 1080. The molecule has 0 saturated heterocycles. The predicted octanol–water partition coefficient (Wildman–Crippen LogP) is 4.60. The van der Waals surface area contributed by atoms with Gasteiger partial charge in [0.15, 0.2) is 10.9 Å². The summed E-state index contributed by atoms with van der Waals surface area (Å²) in [4.78, 5) is 29.3. The van der Waals surface area contributed by atoms with Crippen LogP contribution in [-0.2, 0) is 9.59 Å². The van der Waals surface area contributed by atoms with E-state index in [0.717, 1.165) is 28.5 Å². The zero-order valence-corrected chi connectivity index (χ0v) is 19.8. The zero-order chi connectivity index (χ0) is 23.0. The first kappa shape index (κ1) is 23.1. The molecule has 0 bridgehead atoms. The molecule has 2 N–H and O–H groups in total. The highest BCUT2D eigenvalue weighted by Gasteiger charge is 2.23. The molecule has 0 unspecified atom stereocenters. The Kier molecular flexibility index (Phi) is 7.85. The van der Waals surface area contributed by atoms with Crippen molar-refractivity contribution in [3.8, 4) is 22.8 Å². The van der Waals surface area contributed by atoms with Crippen molar-refractivity contribution >= 4 is 39.9 Å². The third kappa shape index (κ3) is 6.97. The fourth-order valence-electron chi connectivity index (χ4n) is 2.97. The van der Waals surface area contributed by atoms with Crippen LogP contribution in [0.2, 0.25) is 0 Å². The van der Waals surface area contributed by atoms with Gasteiger partial charge < -0.3 is 20.1 Å². The summed E-state index contributed by atoms with van der Waals surface area (Å²) in [5.74, 6) is 1.36. The highest BCUT2D eigenvalue weighted by Crippen LogP contribution is 2.37. The summed E-state index contributed by atoms with van der Waals surface area (Å²) in [5.41, 5.74) is 1.57. The number of carbonyl (C=O) groups excluding carboxylic acids is 2. The van der Waals surface area contributed by atoms with Crippen LogP contribution in [0.1, 0.15) is 19.8 Å². The highest BCUT2D eigenvalue weighted by atomic mass is 32.2. The largest absolute Gasteiger partial charge is 0.494 e. The van der Waals surface area contributed by atoms with Crippen molar-refractivity contribution in [1.82, 2.24) is 10.3 Å². The lowest BCUT2D eigenvalue weighted by atomic mass is 10.2. The number of nitrogens with zero attached hydrogens (tertiary/aromatic N) is 1. The van der Waals surface area contributed by atoms with Crippen LogP contribution in [0.3, 0.4) is 0 Å². The number of benzene rings is 2. The summed E-state index contributed by atoms with van der Waals surface area (Å²) in [6.45, 7) is 2.38. The van der Waals surface area contributed by atoms with Gasteiger partial charge in [-0.25, -0.2) is 4.98 Å². The maximum Gasteiger partial charge on any atom is 0.262 e. The Labute approximate surface area is 200 Å². The van der Waals surface area contributed by atoms with Crippen LogP contribution in [0.25, 0.3) is 11.3 Å². The van der Waals surface area contributed by atoms with Gasteiger partial charge in [-0.2, -0.15) is 0 Å². The SMILES string of the molecule is CCOc1ccc(OCC(=O)Nc2sc(SCC(=O)NC3CC3)nc2-c2ccccc2)cc1. The quantitative estimate of drug-likeness (QED) is 0.388. The molecule has 1 fully saturated rings. The molecule has 1 heterocycles. The molecule has 1 aromatic heterocycles. The second-order valence-corrected chi connectivity index (χ2v) is 9.62. The Morgan fingerprint density at radius 2 is 1.73 bits per heavy atom. The molecule has 0 radical (unpaired) electrons. The predicted molar refractivity (Wildman–Crippen MR) is 131 cm³/mol. The van der Waals surface area contributed by atoms with Gasteiger partial charge in [-0.15, -0.1) is 0 Å². The van der Waals surface area contributed by atoms with Crippen LogP contribution in [-0.4, -0.2) is 41.8 Å². The van der Waals surface area contributed by atoms with Crippen LogP contribution in [0.15, 0.2) is 58.9 Å². The van der Waals surface area contributed by atoms with Gasteiger partial charge >= 0.3 is 0 Å². The number of thiazole rings is 1. The molecule has 0 atom stereocenters. The van der Waals surface area contributed by atoms with Gasteiger partial charge in [0, 0.05) is 11.6 Å². The Balaban J connectivity index is 1.39. The van der Waals surface area contributed by atoms with Crippen LogP contribution < -0.4 is 20.1 Å². The average Bonchev–Trinajstić information content (AvgIpc) is 3.55. The molecule has 1 saturated carbocycles. The molecule has 4 rings (SSSR count). The standard InChI is InChI=1S/C24H25N3O4S2/c1-2-30-18-10-12-19(13-11-18)31-14-20(28)26-23-22(16-6-4-3-5-7-16)27-24(33-23)32-15-21(29)25-17-8-9-17/h3-7,10-13,17H,2,8-9,14-15H2,1H3,(H,25,29)(H,26,28). The second-order valence-electron chi connectivity index (χ2n) is 7.40. The van der Waals surface area contributed by atoms with Crippen LogP contribution in [0.5, 0.6) is 11.5 Å². The summed E-state index contributed by atoms with van der Waals surface area (Å²) in [7, 11) is 0. The van der Waals surface area contributed by atoms with Crippen molar-refractivity contribution in [2.75, 3.05) is 24.3 Å². The van der Waals surface area contributed by atoms with Crippen molar-refractivity contribution in [1.29, 1.82) is 0 Å². The molecule has 1 aliphatic carbocycles. The van der Waals surface area contributed by atoms with Gasteiger partial charge in [-0.1, -0.05) is 53.4 Å². The lowest BCUT2D eigenvalue weighted by Gasteiger charge is -2.08. The number of ether oxygens (including phenoxy) is 2. The second kappa shape index (κ2) is 11.2. The van der Waals surface area contributed by atoms with Gasteiger partial charge in [0.25, 0.3) is 5.91 Å². The average molecular weight is 484 g/mol. The van der Waals surface area contributed by atoms with Crippen molar-refractivity contribution in [2.45, 2.75) is 30.1 Å². The van der Waals surface area contributed by atoms with E-state index in [-0.39, 0.29) is 18.4 Å². The minimum Gasteiger partial charge on any atom is -0.494 e. The molecular formula is C24H25N3O4S2. The van der Waals surface area contributed by atoms with Crippen LogP contribution in [0, 0.1) is 0 Å². The molecule has 3 aromatic rings. The molecule has 33 heavy (non-hydrogen) atoms. The first-order valence-electron chi connectivity index (χ1n) is 10.7. The fourth-order valence-corrected chi connectivity index (χ4v) is 4.87. The lowest BCUT2D eigenvalue weighted by molar-refractivity contribution is -0.119. The number of rotatable bonds is 11. The Morgan fingerprint density at radius 3 is 2.39 bits per heavy atom. The van der Waals surface area contributed by atoms with Crippen molar-refractivity contribution in [3.05, 3.63) is 54.6 Å². The fraction of sp³-hybridized carbons (Fsp3) is 0.292. The van der Waals surface area contributed by atoms with E-state index in [1.165, 1.54) is 23.1 Å². The van der Waals surface area contributed by atoms with Gasteiger partial charge in [0.05, 0.1) is 12.4 Å². The third-order valence-electron chi connectivity index (χ3n) is 4.68. The smallest absolute Gasteiger partial charge is 0.262 e. The lowest BCUT2D eigenvalue weighted by Crippen LogP contribution is -2.26. The first-order valence-corrected chi connectivity index (χ1v) is 12.5. The van der Waals surface area contributed by atoms with E-state index < -0.39 is 0 Å². The van der Waals surface area contributed by atoms with E-state index in [1.54, 1.807) is 24.3 Å². The number of carbonyl (C=O) groups is 2. The molecule has 172 valence electrons. The zero-order valence-electron chi connectivity index (χ0n) is 18.2. The minimum atomic E-state index is -0.284. The molecule has 0 aliphatic heterocycles. The Morgan fingerprint density at radius 1 is 1.03 bits per heavy atom. The molecular weight excluding hydrogens is 458 g/mol. The topological polar surface area (TPSA) is 89.5 Å². The van der Waals surface area contributed by atoms with Gasteiger partial charge in [-0.3, -0.25) is 9.59 Å². The minimum absolute atomic E-state index is 0.00769. The summed E-state index contributed by atoms with van der Waals surface area (Å²) in [5, 5.41) is 6.52. The number of amides is 2. The maximum atomic E-state index is 12.6. The van der Waals surface area contributed by atoms with E-state index >= 15 is 0 Å². The van der Waals surface area contributed by atoms with E-state index in [1.807, 2.05) is 37.3 Å². The maximum absolute atomic E-state index is 12.6. The molecule has 7 nitrogen and oxygen atoms in total. The number of hydrogen-bond acceptors (Lipinski definition) is 7. The summed E-state index contributed by atoms with van der Waals surface area (Å²) < 4.78 is 11.7. The number of hydrogen-bond donors (Lipinski definition) is 2. The Hall–Kier alpha value is -3.04. The van der Waals surface area contributed by atoms with Crippen molar-refractivity contribution in [3.63, 3.8) is 0 Å². The van der Waals surface area contributed by atoms with Crippen molar-refractivity contribution < 1.29 is 19.1 Å². The van der Waals surface area contributed by atoms with E-state index in [4.69, 9.17) is 9.47 Å². The molecule has 1 aliphatic rings. The van der Waals surface area contributed by atoms with Gasteiger partial charge in [0.1, 0.15) is 22.2 Å². The van der Waals surface area contributed by atoms with E-state index in [2.05, 4.69) is 15.6 Å². The van der Waals surface area contributed by atoms with Gasteiger partial charge in [-0.05, 0) is 44.0 Å². The summed E-state index contributed by atoms with van der Waals surface area (Å²) in [6, 6.07) is 17.1. The summed E-state index contributed by atoms with van der Waals surface area (Å²) >= 11 is 2.73. The normalized spacial score (nSPS) is 12.8. The van der Waals surface area contributed by atoms with E-state index in [0.29, 0.717) is 34.8 Å². The first-order chi connectivity index (χ1) is 16.1. The monoisotopic (exact) mass is 483 g/mol. The highest BCUT2D eigenvalue weighted by molar-refractivity contribution is 8.01. The van der Waals surface area contributed by atoms with Gasteiger partial charge in [0.2, 0.25) is 5.91 Å².